The van der Waals surface area contributed by atoms with E-state index in [0.717, 1.165) is 5.56 Å². The Morgan fingerprint density at radius 3 is 2.48 bits per heavy atom. The van der Waals surface area contributed by atoms with Crippen LogP contribution < -0.4 is 0 Å². The first-order valence-electron chi connectivity index (χ1n) is 9.12. The van der Waals surface area contributed by atoms with Crippen LogP contribution in [0.1, 0.15) is 28.5 Å². The molecular formula is C23H19NO5. The van der Waals surface area contributed by atoms with Crippen molar-refractivity contribution in [2.75, 3.05) is 0 Å². The summed E-state index contributed by atoms with van der Waals surface area (Å²) in [5.41, 5.74) is 1.95. The van der Waals surface area contributed by atoms with Crippen molar-refractivity contribution in [1.82, 2.24) is 4.90 Å². The summed E-state index contributed by atoms with van der Waals surface area (Å²) in [4.78, 5) is 27.1. The Labute approximate surface area is 167 Å². The maximum Gasteiger partial charge on any atom is 0.296 e. The van der Waals surface area contributed by atoms with Gasteiger partial charge in [0.05, 0.1) is 24.4 Å². The molecule has 1 aliphatic heterocycles. The van der Waals surface area contributed by atoms with E-state index in [2.05, 4.69) is 0 Å². The van der Waals surface area contributed by atoms with Gasteiger partial charge in [-0.3, -0.25) is 9.59 Å². The van der Waals surface area contributed by atoms with Crippen molar-refractivity contribution in [2.24, 2.45) is 0 Å². The van der Waals surface area contributed by atoms with Crippen molar-refractivity contribution < 1.29 is 24.2 Å². The van der Waals surface area contributed by atoms with E-state index in [-0.39, 0.29) is 23.6 Å². The lowest BCUT2D eigenvalue weighted by Crippen LogP contribution is -2.29. The second-order valence-corrected chi connectivity index (χ2v) is 6.97. The molecule has 6 heteroatoms. The van der Waals surface area contributed by atoms with Gasteiger partial charge in [0.15, 0.2) is 0 Å². The lowest BCUT2D eigenvalue weighted by atomic mass is 9.95. The Bertz CT molecular complexity index is 1100. The Balaban J connectivity index is 1.87. The fourth-order valence-electron chi connectivity index (χ4n) is 3.52. The molecule has 29 heavy (non-hydrogen) atoms. The third kappa shape index (κ3) is 3.40. The largest absolute Gasteiger partial charge is 0.508 e. The number of nitrogens with zero attached hydrogens (tertiary/aromatic N) is 1. The van der Waals surface area contributed by atoms with Gasteiger partial charge < -0.3 is 19.5 Å². The minimum atomic E-state index is -0.853. The van der Waals surface area contributed by atoms with Crippen molar-refractivity contribution >= 4 is 17.4 Å². The summed E-state index contributed by atoms with van der Waals surface area (Å²) in [5, 5.41) is 20.9. The molecule has 4 rings (SSSR count). The summed E-state index contributed by atoms with van der Waals surface area (Å²) >= 11 is 0. The number of hydrogen-bond donors (Lipinski definition) is 2. The zero-order valence-corrected chi connectivity index (χ0v) is 15.7. The van der Waals surface area contributed by atoms with Gasteiger partial charge in [-0.15, -0.1) is 0 Å². The van der Waals surface area contributed by atoms with Gasteiger partial charge in [-0.25, -0.2) is 0 Å². The van der Waals surface area contributed by atoms with E-state index in [9.17, 15) is 19.8 Å². The highest BCUT2D eigenvalue weighted by Crippen LogP contribution is 2.41. The minimum absolute atomic E-state index is 0.00132. The van der Waals surface area contributed by atoms with Gasteiger partial charge in [0.25, 0.3) is 11.7 Å². The number of hydrogen-bond acceptors (Lipinski definition) is 5. The molecule has 0 unspecified atom stereocenters. The zero-order valence-electron chi connectivity index (χ0n) is 15.7. The van der Waals surface area contributed by atoms with Gasteiger partial charge in [-0.05, 0) is 36.8 Å². The monoisotopic (exact) mass is 389 g/mol. The molecule has 1 atom stereocenters. The molecule has 2 N–H and O–H groups in total. The highest BCUT2D eigenvalue weighted by Gasteiger charge is 2.46. The second-order valence-electron chi connectivity index (χ2n) is 6.97. The molecule has 1 aliphatic rings. The molecule has 0 aliphatic carbocycles. The number of aliphatic hydroxyl groups is 1. The van der Waals surface area contributed by atoms with E-state index < -0.39 is 17.7 Å². The first-order valence-corrected chi connectivity index (χ1v) is 9.12. The Hall–Kier alpha value is -3.80. The summed E-state index contributed by atoms with van der Waals surface area (Å²) in [7, 11) is 0. The zero-order chi connectivity index (χ0) is 20.5. The number of carbonyl (C=O) groups excluding carboxylic acids is 2. The molecular weight excluding hydrogens is 370 g/mol. The van der Waals surface area contributed by atoms with E-state index in [1.54, 1.807) is 36.4 Å². The van der Waals surface area contributed by atoms with Gasteiger partial charge in [-0.2, -0.15) is 0 Å². The normalized spacial score (nSPS) is 18.4. The molecule has 2 aromatic carbocycles. The molecule has 3 aromatic rings. The Morgan fingerprint density at radius 1 is 1.07 bits per heavy atom. The van der Waals surface area contributed by atoms with Crippen molar-refractivity contribution in [3.8, 4) is 5.75 Å². The number of furan rings is 1. The highest BCUT2D eigenvalue weighted by atomic mass is 16.3. The maximum absolute atomic E-state index is 12.9. The van der Waals surface area contributed by atoms with Crippen LogP contribution >= 0.6 is 0 Å². The third-order valence-corrected chi connectivity index (χ3v) is 4.96. The van der Waals surface area contributed by atoms with Gasteiger partial charge in [0.2, 0.25) is 0 Å². The molecule has 0 spiro atoms. The number of Topliss-reactive ketones (excluding diaryl/α,β-unsaturated/α-hetero) is 1. The second kappa shape index (κ2) is 7.31. The molecule has 1 amide bonds. The maximum atomic E-state index is 12.9. The number of benzene rings is 2. The quantitative estimate of drug-likeness (QED) is 0.401. The smallest absolute Gasteiger partial charge is 0.296 e. The molecule has 146 valence electrons. The van der Waals surface area contributed by atoms with E-state index in [1.807, 2.05) is 19.1 Å². The number of aromatic hydroxyl groups is 1. The fraction of sp³-hybridized carbons (Fsp3) is 0.130. The molecule has 0 bridgehead atoms. The predicted octanol–water partition coefficient (Wildman–Crippen LogP) is 3.92. The van der Waals surface area contributed by atoms with E-state index in [4.69, 9.17) is 4.42 Å². The topological polar surface area (TPSA) is 91.0 Å². The van der Waals surface area contributed by atoms with Crippen LogP contribution in [0.25, 0.3) is 5.76 Å². The SMILES string of the molecule is Cc1ccc(/C(O)=C2\C(=O)C(=O)N(Cc3ccco3)[C@H]2c2cccc(O)c2)cc1. The minimum Gasteiger partial charge on any atom is -0.508 e. The van der Waals surface area contributed by atoms with E-state index in [1.165, 1.54) is 23.3 Å². The highest BCUT2D eigenvalue weighted by molar-refractivity contribution is 6.46. The number of amides is 1. The number of ketones is 1. The van der Waals surface area contributed by atoms with Gasteiger partial charge >= 0.3 is 0 Å². The van der Waals surface area contributed by atoms with Crippen LogP contribution in [0, 0.1) is 6.92 Å². The number of likely N-dealkylation sites (tertiary alicyclic amines) is 1. The summed E-state index contributed by atoms with van der Waals surface area (Å²) in [6, 6.07) is 15.9. The lowest BCUT2D eigenvalue weighted by molar-refractivity contribution is -0.140. The average molecular weight is 389 g/mol. The number of phenolic OH excluding ortho intramolecular Hbond substituents is 1. The van der Waals surface area contributed by atoms with E-state index >= 15 is 0 Å². The van der Waals surface area contributed by atoms with Crippen LogP contribution in [0.4, 0.5) is 0 Å². The van der Waals surface area contributed by atoms with Crippen LogP contribution in [-0.2, 0) is 16.1 Å². The summed E-state index contributed by atoms with van der Waals surface area (Å²) < 4.78 is 5.35. The summed E-state index contributed by atoms with van der Waals surface area (Å²) in [6.07, 6.45) is 1.49. The van der Waals surface area contributed by atoms with Crippen LogP contribution in [0.5, 0.6) is 5.75 Å². The standard InChI is InChI=1S/C23H19NO5/c1-14-7-9-15(10-8-14)21(26)19-20(16-4-2-5-17(25)12-16)24(23(28)22(19)27)13-18-6-3-11-29-18/h2-12,20,25-26H,13H2,1H3/b21-19+/t20-/m0/s1. The number of aliphatic hydroxyl groups excluding tert-OH is 1. The van der Waals surface area contributed by atoms with Crippen LogP contribution in [0.3, 0.4) is 0 Å². The predicted molar refractivity (Wildman–Crippen MR) is 106 cm³/mol. The fourth-order valence-corrected chi connectivity index (χ4v) is 3.52. The van der Waals surface area contributed by atoms with Crippen molar-refractivity contribution in [2.45, 2.75) is 19.5 Å². The summed E-state index contributed by atoms with van der Waals surface area (Å²) in [5.74, 6) is -1.25. The Morgan fingerprint density at radius 2 is 1.83 bits per heavy atom. The first-order chi connectivity index (χ1) is 14.0. The molecule has 1 saturated heterocycles. The van der Waals surface area contributed by atoms with Crippen LogP contribution in [-0.4, -0.2) is 26.8 Å². The number of aryl methyl sites for hydroxylation is 1. The molecule has 0 radical (unpaired) electrons. The average Bonchev–Trinajstić information content (AvgIpc) is 3.30. The van der Waals surface area contributed by atoms with Crippen molar-refractivity contribution in [1.29, 1.82) is 0 Å². The molecule has 1 fully saturated rings. The van der Waals surface area contributed by atoms with Gasteiger partial charge in [0.1, 0.15) is 17.3 Å². The Kier molecular flexibility index (Phi) is 4.68. The van der Waals surface area contributed by atoms with Gasteiger partial charge in [-0.1, -0.05) is 42.0 Å². The number of rotatable bonds is 4. The molecule has 6 nitrogen and oxygen atoms in total. The first kappa shape index (κ1) is 18.6. The van der Waals surface area contributed by atoms with Crippen molar-refractivity contribution in [3.63, 3.8) is 0 Å². The van der Waals surface area contributed by atoms with Crippen LogP contribution in [0.2, 0.25) is 0 Å². The van der Waals surface area contributed by atoms with E-state index in [0.29, 0.717) is 16.9 Å². The molecule has 2 heterocycles. The number of phenols is 1. The van der Waals surface area contributed by atoms with Gasteiger partial charge in [0, 0.05) is 5.56 Å². The lowest BCUT2D eigenvalue weighted by Gasteiger charge is -2.24. The van der Waals surface area contributed by atoms with Crippen molar-refractivity contribution in [3.05, 3.63) is 95.0 Å². The molecule has 0 saturated carbocycles. The summed E-state index contributed by atoms with van der Waals surface area (Å²) in [6.45, 7) is 1.97. The number of carbonyl (C=O) groups is 2. The van der Waals surface area contributed by atoms with Crippen LogP contribution in [0.15, 0.2) is 76.9 Å². The third-order valence-electron chi connectivity index (χ3n) is 4.96. The molecule has 1 aromatic heterocycles.